The molecule has 0 radical (unpaired) electrons. The standard InChI is InChI=1S/C16H20N2O3/c1-10(2)15-14(11(3)18-21-15)16(20)17-8-12-4-6-13(9-19)7-5-12/h4-7,10,19H,8-9H2,1-3H3,(H,17,20). The third kappa shape index (κ3) is 3.49. The molecule has 0 aliphatic rings. The average Bonchev–Trinajstić information content (AvgIpc) is 2.87. The zero-order valence-corrected chi connectivity index (χ0v) is 12.5. The van der Waals surface area contributed by atoms with Gasteiger partial charge in [-0.3, -0.25) is 4.79 Å². The fourth-order valence-electron chi connectivity index (χ4n) is 2.09. The Labute approximate surface area is 124 Å². The molecule has 5 nitrogen and oxygen atoms in total. The number of aromatic nitrogens is 1. The van der Waals surface area contributed by atoms with Crippen molar-refractivity contribution in [1.82, 2.24) is 10.5 Å². The van der Waals surface area contributed by atoms with E-state index in [1.165, 1.54) is 0 Å². The second-order valence-corrected chi connectivity index (χ2v) is 5.32. The first-order valence-electron chi connectivity index (χ1n) is 6.96. The van der Waals surface area contributed by atoms with Gasteiger partial charge in [0.05, 0.1) is 12.3 Å². The highest BCUT2D eigenvalue weighted by molar-refractivity contribution is 5.96. The van der Waals surface area contributed by atoms with Crippen LogP contribution >= 0.6 is 0 Å². The molecule has 1 aromatic heterocycles. The quantitative estimate of drug-likeness (QED) is 0.886. The van der Waals surface area contributed by atoms with Crippen LogP contribution in [-0.4, -0.2) is 16.2 Å². The zero-order chi connectivity index (χ0) is 15.4. The summed E-state index contributed by atoms with van der Waals surface area (Å²) in [7, 11) is 0. The predicted molar refractivity (Wildman–Crippen MR) is 78.9 cm³/mol. The highest BCUT2D eigenvalue weighted by atomic mass is 16.5. The van der Waals surface area contributed by atoms with Gasteiger partial charge in [0.15, 0.2) is 5.76 Å². The summed E-state index contributed by atoms with van der Waals surface area (Å²) < 4.78 is 5.22. The molecule has 1 amide bonds. The van der Waals surface area contributed by atoms with Crippen LogP contribution in [0.15, 0.2) is 28.8 Å². The van der Waals surface area contributed by atoms with Crippen molar-refractivity contribution in [2.45, 2.75) is 39.8 Å². The van der Waals surface area contributed by atoms with Crippen molar-refractivity contribution >= 4 is 5.91 Å². The van der Waals surface area contributed by atoms with Gasteiger partial charge in [-0.05, 0) is 18.1 Å². The molecule has 2 aromatic rings. The van der Waals surface area contributed by atoms with Gasteiger partial charge in [-0.15, -0.1) is 0 Å². The third-order valence-corrected chi connectivity index (χ3v) is 3.30. The summed E-state index contributed by atoms with van der Waals surface area (Å²) in [5, 5.41) is 15.7. The lowest BCUT2D eigenvalue weighted by molar-refractivity contribution is 0.0948. The van der Waals surface area contributed by atoms with E-state index in [1.54, 1.807) is 6.92 Å². The highest BCUT2D eigenvalue weighted by Gasteiger charge is 2.22. The molecule has 0 bridgehead atoms. The number of aliphatic hydroxyl groups excluding tert-OH is 1. The Morgan fingerprint density at radius 2 is 1.90 bits per heavy atom. The maximum absolute atomic E-state index is 12.3. The summed E-state index contributed by atoms with van der Waals surface area (Å²) in [6.07, 6.45) is 0. The number of benzene rings is 1. The van der Waals surface area contributed by atoms with E-state index in [-0.39, 0.29) is 18.4 Å². The van der Waals surface area contributed by atoms with Crippen molar-refractivity contribution in [3.8, 4) is 0 Å². The van der Waals surface area contributed by atoms with Crippen LogP contribution in [0.4, 0.5) is 0 Å². The molecule has 2 rings (SSSR count). The van der Waals surface area contributed by atoms with E-state index >= 15 is 0 Å². The summed E-state index contributed by atoms with van der Waals surface area (Å²) >= 11 is 0. The largest absolute Gasteiger partial charge is 0.392 e. The number of hydrogen-bond acceptors (Lipinski definition) is 4. The van der Waals surface area contributed by atoms with Gasteiger partial charge in [-0.2, -0.15) is 0 Å². The molecule has 0 saturated carbocycles. The van der Waals surface area contributed by atoms with Crippen molar-refractivity contribution in [2.24, 2.45) is 0 Å². The lowest BCUT2D eigenvalue weighted by Crippen LogP contribution is -2.24. The maximum Gasteiger partial charge on any atom is 0.257 e. The Morgan fingerprint density at radius 1 is 1.29 bits per heavy atom. The highest BCUT2D eigenvalue weighted by Crippen LogP contribution is 2.22. The van der Waals surface area contributed by atoms with Gasteiger partial charge in [-0.1, -0.05) is 43.3 Å². The summed E-state index contributed by atoms with van der Waals surface area (Å²) in [6.45, 7) is 6.13. The van der Waals surface area contributed by atoms with Crippen molar-refractivity contribution in [3.63, 3.8) is 0 Å². The van der Waals surface area contributed by atoms with Crippen molar-refractivity contribution < 1.29 is 14.4 Å². The smallest absolute Gasteiger partial charge is 0.257 e. The summed E-state index contributed by atoms with van der Waals surface area (Å²) in [6, 6.07) is 7.45. The topological polar surface area (TPSA) is 75.4 Å². The van der Waals surface area contributed by atoms with Gasteiger partial charge in [-0.25, -0.2) is 0 Å². The van der Waals surface area contributed by atoms with Gasteiger partial charge < -0.3 is 14.9 Å². The van der Waals surface area contributed by atoms with Crippen molar-refractivity contribution in [3.05, 3.63) is 52.4 Å². The number of carbonyl (C=O) groups is 1. The summed E-state index contributed by atoms with van der Waals surface area (Å²) in [5.74, 6) is 0.542. The monoisotopic (exact) mass is 288 g/mol. The molecule has 1 heterocycles. The molecule has 0 aliphatic heterocycles. The minimum absolute atomic E-state index is 0.0181. The first-order valence-corrected chi connectivity index (χ1v) is 6.96. The van der Waals surface area contributed by atoms with Crippen LogP contribution in [0.1, 0.15) is 52.7 Å². The van der Waals surface area contributed by atoms with E-state index in [1.807, 2.05) is 38.1 Å². The maximum atomic E-state index is 12.3. The van der Waals surface area contributed by atoms with Crippen LogP contribution in [0.2, 0.25) is 0 Å². The number of nitrogens with one attached hydrogen (secondary N) is 1. The fraction of sp³-hybridized carbons (Fsp3) is 0.375. The Kier molecular flexibility index (Phi) is 4.75. The second kappa shape index (κ2) is 6.54. The molecule has 0 spiro atoms. The molecule has 112 valence electrons. The minimum atomic E-state index is -0.177. The Hall–Kier alpha value is -2.14. The van der Waals surface area contributed by atoms with Crippen LogP contribution in [0.3, 0.4) is 0 Å². The third-order valence-electron chi connectivity index (χ3n) is 3.30. The van der Waals surface area contributed by atoms with E-state index in [0.717, 1.165) is 11.1 Å². The molecule has 21 heavy (non-hydrogen) atoms. The van der Waals surface area contributed by atoms with Gasteiger partial charge >= 0.3 is 0 Å². The number of amides is 1. The van der Waals surface area contributed by atoms with Crippen LogP contribution in [0.25, 0.3) is 0 Å². The number of carbonyl (C=O) groups excluding carboxylic acids is 1. The summed E-state index contributed by atoms with van der Waals surface area (Å²) in [4.78, 5) is 12.3. The van der Waals surface area contributed by atoms with E-state index in [9.17, 15) is 4.79 Å². The molecule has 2 N–H and O–H groups in total. The van der Waals surface area contributed by atoms with E-state index < -0.39 is 0 Å². The average molecular weight is 288 g/mol. The van der Waals surface area contributed by atoms with E-state index in [2.05, 4.69) is 10.5 Å². The Morgan fingerprint density at radius 3 is 2.48 bits per heavy atom. The van der Waals surface area contributed by atoms with Gasteiger partial charge in [0.1, 0.15) is 5.56 Å². The SMILES string of the molecule is Cc1noc(C(C)C)c1C(=O)NCc1ccc(CO)cc1. The van der Waals surface area contributed by atoms with Crippen molar-refractivity contribution in [2.75, 3.05) is 0 Å². The number of nitrogens with zero attached hydrogens (tertiary/aromatic N) is 1. The number of rotatable bonds is 5. The predicted octanol–water partition coefficient (Wildman–Crippen LogP) is 2.53. The van der Waals surface area contributed by atoms with Gasteiger partial charge in [0, 0.05) is 12.5 Å². The Balaban J connectivity index is 2.06. The summed E-state index contributed by atoms with van der Waals surface area (Å²) in [5.41, 5.74) is 2.95. The van der Waals surface area contributed by atoms with Gasteiger partial charge in [0.2, 0.25) is 0 Å². The molecule has 1 aromatic carbocycles. The molecular weight excluding hydrogens is 268 g/mol. The van der Waals surface area contributed by atoms with E-state index in [0.29, 0.717) is 23.6 Å². The van der Waals surface area contributed by atoms with Crippen molar-refractivity contribution in [1.29, 1.82) is 0 Å². The molecule has 0 unspecified atom stereocenters. The number of aryl methyl sites for hydroxylation is 1. The lowest BCUT2D eigenvalue weighted by atomic mass is 10.0. The van der Waals surface area contributed by atoms with Crippen LogP contribution in [0, 0.1) is 6.92 Å². The van der Waals surface area contributed by atoms with E-state index in [4.69, 9.17) is 9.63 Å². The van der Waals surface area contributed by atoms with Crippen LogP contribution in [0.5, 0.6) is 0 Å². The first kappa shape index (κ1) is 15.3. The fourth-order valence-corrected chi connectivity index (χ4v) is 2.09. The lowest BCUT2D eigenvalue weighted by Gasteiger charge is -2.07. The zero-order valence-electron chi connectivity index (χ0n) is 12.5. The second-order valence-electron chi connectivity index (χ2n) is 5.32. The van der Waals surface area contributed by atoms with Crippen LogP contribution in [-0.2, 0) is 13.2 Å². The molecule has 0 saturated heterocycles. The normalized spacial score (nSPS) is 10.9. The molecule has 0 atom stereocenters. The van der Waals surface area contributed by atoms with Crippen LogP contribution < -0.4 is 5.32 Å². The molecule has 0 aliphatic carbocycles. The first-order chi connectivity index (χ1) is 10.0. The van der Waals surface area contributed by atoms with Gasteiger partial charge in [0.25, 0.3) is 5.91 Å². The number of aliphatic hydroxyl groups is 1. The minimum Gasteiger partial charge on any atom is -0.392 e. The molecule has 0 fully saturated rings. The Bertz CT molecular complexity index is 615. The number of hydrogen-bond donors (Lipinski definition) is 2. The molecular formula is C16H20N2O3. The molecule has 5 heteroatoms.